The second-order valence-corrected chi connectivity index (χ2v) is 7.83. The maximum Gasteiger partial charge on any atom is 0.304 e. The summed E-state index contributed by atoms with van der Waals surface area (Å²) in [6.45, 7) is 2.85. The SMILES string of the molecule is CCCCCC(O)/C=C/[C@H]1CCCC(=O)N1CCCSCCC(=O)O. The van der Waals surface area contributed by atoms with Gasteiger partial charge in [-0.3, -0.25) is 9.59 Å². The molecule has 1 aliphatic rings. The van der Waals surface area contributed by atoms with Crippen molar-refractivity contribution in [2.45, 2.75) is 76.9 Å². The molecule has 144 valence electrons. The number of carboxylic acids is 1. The lowest BCUT2D eigenvalue weighted by atomic mass is 9.99. The Hall–Kier alpha value is -1.01. The fraction of sp³-hybridized carbons (Fsp3) is 0.789. The molecule has 0 bridgehead atoms. The first-order chi connectivity index (χ1) is 12.0. The summed E-state index contributed by atoms with van der Waals surface area (Å²) in [5, 5.41) is 18.7. The van der Waals surface area contributed by atoms with Crippen LogP contribution in [0.2, 0.25) is 0 Å². The van der Waals surface area contributed by atoms with Crippen molar-refractivity contribution in [1.29, 1.82) is 0 Å². The molecule has 0 aromatic rings. The molecule has 1 aliphatic heterocycles. The number of carbonyl (C=O) groups excluding carboxylic acids is 1. The second-order valence-electron chi connectivity index (χ2n) is 6.60. The van der Waals surface area contributed by atoms with Crippen LogP contribution in [0.3, 0.4) is 0 Å². The lowest BCUT2D eigenvalue weighted by Gasteiger charge is -2.34. The Morgan fingerprint density at radius 3 is 2.88 bits per heavy atom. The normalized spacial score (nSPS) is 19.5. The lowest BCUT2D eigenvalue weighted by molar-refractivity contribution is -0.136. The largest absolute Gasteiger partial charge is 0.481 e. The van der Waals surface area contributed by atoms with Crippen molar-refractivity contribution >= 4 is 23.6 Å². The predicted molar refractivity (Wildman–Crippen MR) is 103 cm³/mol. The highest BCUT2D eigenvalue weighted by Crippen LogP contribution is 2.21. The lowest BCUT2D eigenvalue weighted by Crippen LogP contribution is -2.43. The number of aliphatic hydroxyl groups excluding tert-OH is 1. The third kappa shape index (κ3) is 9.90. The Morgan fingerprint density at radius 1 is 1.36 bits per heavy atom. The molecule has 0 aliphatic carbocycles. The zero-order valence-electron chi connectivity index (χ0n) is 15.4. The number of unbranched alkanes of at least 4 members (excludes halogenated alkanes) is 2. The first kappa shape index (κ1) is 22.0. The van der Waals surface area contributed by atoms with Crippen LogP contribution in [0.4, 0.5) is 0 Å². The van der Waals surface area contributed by atoms with E-state index >= 15 is 0 Å². The number of thioether (sulfide) groups is 1. The van der Waals surface area contributed by atoms with Gasteiger partial charge in [0, 0.05) is 18.7 Å². The molecule has 6 heteroatoms. The first-order valence-corrected chi connectivity index (χ1v) is 10.7. The summed E-state index contributed by atoms with van der Waals surface area (Å²) in [7, 11) is 0. The van der Waals surface area contributed by atoms with Gasteiger partial charge in [-0.15, -0.1) is 0 Å². The standard InChI is InChI=1S/C19H33NO4S/c1-2-3-4-8-17(21)11-10-16-7-5-9-18(22)20(16)13-6-14-25-15-12-19(23)24/h10-11,16-17,21H,2-9,12-15H2,1H3,(H,23,24)/b11-10+/t16-,17?/m1/s1. The van der Waals surface area contributed by atoms with E-state index in [2.05, 4.69) is 6.92 Å². The molecule has 0 spiro atoms. The number of rotatable bonds is 13. The molecule has 5 nitrogen and oxygen atoms in total. The highest BCUT2D eigenvalue weighted by Gasteiger charge is 2.25. The molecule has 1 saturated heterocycles. The molecule has 1 amide bonds. The molecule has 1 heterocycles. The second kappa shape index (κ2) is 13.2. The van der Waals surface area contributed by atoms with Crippen molar-refractivity contribution < 1.29 is 19.8 Å². The Bertz CT molecular complexity index is 428. The van der Waals surface area contributed by atoms with Crippen LogP contribution in [0.15, 0.2) is 12.2 Å². The van der Waals surface area contributed by atoms with Gasteiger partial charge < -0.3 is 15.1 Å². The van der Waals surface area contributed by atoms with Gasteiger partial charge in [0.2, 0.25) is 5.91 Å². The van der Waals surface area contributed by atoms with Crippen molar-refractivity contribution in [3.05, 3.63) is 12.2 Å². The van der Waals surface area contributed by atoms with Crippen molar-refractivity contribution in [3.63, 3.8) is 0 Å². The van der Waals surface area contributed by atoms with E-state index in [1.54, 1.807) is 11.8 Å². The fourth-order valence-corrected chi connectivity index (χ4v) is 3.85. The molecule has 0 saturated carbocycles. The highest BCUT2D eigenvalue weighted by atomic mass is 32.2. The summed E-state index contributed by atoms with van der Waals surface area (Å²) < 4.78 is 0. The van der Waals surface area contributed by atoms with Gasteiger partial charge in [-0.1, -0.05) is 38.3 Å². The van der Waals surface area contributed by atoms with E-state index in [4.69, 9.17) is 5.11 Å². The van der Waals surface area contributed by atoms with E-state index < -0.39 is 12.1 Å². The monoisotopic (exact) mass is 371 g/mol. The number of carboxylic acid groups (broad SMARTS) is 1. The number of likely N-dealkylation sites (tertiary alicyclic amines) is 1. The summed E-state index contributed by atoms with van der Waals surface area (Å²) in [6, 6.07) is 0.0890. The Kier molecular flexibility index (Phi) is 11.7. The van der Waals surface area contributed by atoms with E-state index in [9.17, 15) is 14.7 Å². The number of aliphatic hydroxyl groups is 1. The minimum absolute atomic E-state index is 0.0890. The van der Waals surface area contributed by atoms with E-state index in [0.29, 0.717) is 18.7 Å². The molecule has 2 atom stereocenters. The Labute approximate surface area is 155 Å². The van der Waals surface area contributed by atoms with Crippen LogP contribution in [-0.4, -0.2) is 57.2 Å². The van der Waals surface area contributed by atoms with Crippen LogP contribution >= 0.6 is 11.8 Å². The number of aliphatic carboxylic acids is 1. The zero-order chi connectivity index (χ0) is 18.5. The van der Waals surface area contributed by atoms with E-state index in [1.807, 2.05) is 17.1 Å². The molecule has 0 radical (unpaired) electrons. The van der Waals surface area contributed by atoms with Crippen LogP contribution in [-0.2, 0) is 9.59 Å². The third-order valence-corrected chi connectivity index (χ3v) is 5.49. The molecule has 0 aromatic heterocycles. The maximum atomic E-state index is 12.2. The summed E-state index contributed by atoms with van der Waals surface area (Å²) >= 11 is 1.63. The highest BCUT2D eigenvalue weighted by molar-refractivity contribution is 7.99. The van der Waals surface area contributed by atoms with Gasteiger partial charge in [0.1, 0.15) is 0 Å². The summed E-state index contributed by atoms with van der Waals surface area (Å²) in [5.41, 5.74) is 0. The van der Waals surface area contributed by atoms with Crippen molar-refractivity contribution in [1.82, 2.24) is 4.90 Å². The van der Waals surface area contributed by atoms with Crippen LogP contribution in [0.25, 0.3) is 0 Å². The molecule has 1 fully saturated rings. The van der Waals surface area contributed by atoms with Gasteiger partial charge in [0.15, 0.2) is 0 Å². The van der Waals surface area contributed by atoms with Crippen LogP contribution in [0.1, 0.15) is 64.7 Å². The molecule has 25 heavy (non-hydrogen) atoms. The smallest absolute Gasteiger partial charge is 0.304 e. The van der Waals surface area contributed by atoms with Gasteiger partial charge in [-0.2, -0.15) is 11.8 Å². The average molecular weight is 372 g/mol. The minimum atomic E-state index is -0.763. The van der Waals surface area contributed by atoms with Crippen molar-refractivity contribution in [2.75, 3.05) is 18.1 Å². The fourth-order valence-electron chi connectivity index (χ4n) is 2.99. The van der Waals surface area contributed by atoms with E-state index in [-0.39, 0.29) is 18.4 Å². The summed E-state index contributed by atoms with van der Waals surface area (Å²) in [4.78, 5) is 24.6. The third-order valence-electron chi connectivity index (χ3n) is 4.42. The topological polar surface area (TPSA) is 77.8 Å². The van der Waals surface area contributed by atoms with Gasteiger partial charge in [-0.05, 0) is 31.4 Å². The number of hydrogen-bond acceptors (Lipinski definition) is 4. The maximum absolute atomic E-state index is 12.2. The summed E-state index contributed by atoms with van der Waals surface area (Å²) in [6.07, 6.45) is 11.1. The number of hydrogen-bond donors (Lipinski definition) is 2. The number of piperidine rings is 1. The van der Waals surface area contributed by atoms with Crippen molar-refractivity contribution in [2.24, 2.45) is 0 Å². The molecule has 2 N–H and O–H groups in total. The Morgan fingerprint density at radius 2 is 2.16 bits per heavy atom. The van der Waals surface area contributed by atoms with Crippen LogP contribution < -0.4 is 0 Å². The van der Waals surface area contributed by atoms with Gasteiger partial charge in [-0.25, -0.2) is 0 Å². The zero-order valence-corrected chi connectivity index (χ0v) is 16.2. The average Bonchev–Trinajstić information content (AvgIpc) is 2.57. The number of carbonyl (C=O) groups is 2. The molecule has 0 aromatic carbocycles. The molecular formula is C19H33NO4S. The molecule has 1 unspecified atom stereocenters. The predicted octanol–water partition coefficient (Wildman–Crippen LogP) is 3.46. The number of amides is 1. The minimum Gasteiger partial charge on any atom is -0.481 e. The molecule has 1 rings (SSSR count). The Balaban J connectivity index is 2.36. The van der Waals surface area contributed by atoms with E-state index in [1.165, 1.54) is 0 Å². The van der Waals surface area contributed by atoms with Gasteiger partial charge in [0.05, 0.1) is 18.6 Å². The van der Waals surface area contributed by atoms with Crippen LogP contribution in [0, 0.1) is 0 Å². The van der Waals surface area contributed by atoms with Crippen LogP contribution in [0.5, 0.6) is 0 Å². The van der Waals surface area contributed by atoms with E-state index in [0.717, 1.165) is 50.7 Å². The summed E-state index contributed by atoms with van der Waals surface area (Å²) in [5.74, 6) is 0.919. The quantitative estimate of drug-likeness (QED) is 0.383. The van der Waals surface area contributed by atoms with Crippen molar-refractivity contribution in [3.8, 4) is 0 Å². The molecular weight excluding hydrogens is 338 g/mol. The first-order valence-electron chi connectivity index (χ1n) is 9.50. The van der Waals surface area contributed by atoms with Gasteiger partial charge in [0.25, 0.3) is 0 Å². The number of nitrogens with zero attached hydrogens (tertiary/aromatic N) is 1. The van der Waals surface area contributed by atoms with Gasteiger partial charge >= 0.3 is 5.97 Å².